The average molecular weight is 321 g/mol. The zero-order valence-electron chi connectivity index (χ0n) is 13.4. The summed E-state index contributed by atoms with van der Waals surface area (Å²) < 4.78 is 0.132. The number of thioether (sulfide) groups is 2. The molecule has 0 radical (unpaired) electrons. The minimum atomic E-state index is 0.0000863. The lowest BCUT2D eigenvalue weighted by Crippen LogP contribution is -2.44. The van der Waals surface area contributed by atoms with E-state index < -0.39 is 0 Å². The molecule has 0 atom stereocenters. The van der Waals surface area contributed by atoms with Crippen molar-refractivity contribution in [3.8, 4) is 0 Å². The van der Waals surface area contributed by atoms with E-state index in [1.807, 2.05) is 0 Å². The van der Waals surface area contributed by atoms with E-state index in [0.29, 0.717) is 5.96 Å². The fourth-order valence-corrected chi connectivity index (χ4v) is 1.63. The van der Waals surface area contributed by atoms with Gasteiger partial charge in [0.25, 0.3) is 0 Å². The Morgan fingerprint density at radius 2 is 1.90 bits per heavy atom. The van der Waals surface area contributed by atoms with Gasteiger partial charge in [0.1, 0.15) is 6.54 Å². The predicted octanol–water partition coefficient (Wildman–Crippen LogP) is 1.11. The van der Waals surface area contributed by atoms with E-state index in [1.54, 1.807) is 42.5 Å². The lowest BCUT2D eigenvalue weighted by atomic mass is 10.2. The van der Waals surface area contributed by atoms with E-state index in [0.717, 1.165) is 18.8 Å². The molecule has 0 saturated carbocycles. The first-order chi connectivity index (χ1) is 9.32. The van der Waals surface area contributed by atoms with Crippen LogP contribution in [0.4, 0.5) is 0 Å². The molecule has 118 valence electrons. The molecule has 7 heteroatoms. The van der Waals surface area contributed by atoms with Crippen LogP contribution in [0.25, 0.3) is 0 Å². The van der Waals surface area contributed by atoms with Crippen LogP contribution in [-0.2, 0) is 4.79 Å². The summed E-state index contributed by atoms with van der Waals surface area (Å²) in [7, 11) is 3.48. The third-order valence-corrected chi connectivity index (χ3v) is 4.57. The number of carbonyl (C=O) groups is 1. The number of likely N-dealkylation sites (N-methyl/N-ethyl adjacent to an activating group) is 1. The summed E-state index contributed by atoms with van der Waals surface area (Å²) >= 11 is 3.58. The summed E-state index contributed by atoms with van der Waals surface area (Å²) in [5.74, 6) is 1.71. The van der Waals surface area contributed by atoms with Crippen LogP contribution in [0.3, 0.4) is 0 Å². The number of guanidine groups is 1. The molecule has 0 bridgehead atoms. The Morgan fingerprint density at radius 3 is 2.40 bits per heavy atom. The maximum absolute atomic E-state index is 11.6. The summed E-state index contributed by atoms with van der Waals surface area (Å²) in [6.07, 6.45) is 4.16. The van der Waals surface area contributed by atoms with Gasteiger partial charge in [-0.3, -0.25) is 4.79 Å². The second-order valence-electron chi connectivity index (χ2n) is 5.19. The number of carbonyl (C=O) groups excluding carboxylic acids is 1. The van der Waals surface area contributed by atoms with Crippen molar-refractivity contribution >= 4 is 35.4 Å². The third-order valence-electron chi connectivity index (χ3n) is 2.70. The largest absolute Gasteiger partial charge is 0.356 e. The average Bonchev–Trinajstić information content (AvgIpc) is 2.40. The van der Waals surface area contributed by atoms with Gasteiger partial charge in [0.05, 0.1) is 0 Å². The lowest BCUT2D eigenvalue weighted by molar-refractivity contribution is -0.127. The number of hydrogen-bond acceptors (Lipinski definition) is 4. The highest BCUT2D eigenvalue weighted by Crippen LogP contribution is 2.19. The van der Waals surface area contributed by atoms with Crippen molar-refractivity contribution < 1.29 is 4.79 Å². The van der Waals surface area contributed by atoms with Crippen LogP contribution in [-0.4, -0.2) is 73.5 Å². The maximum atomic E-state index is 11.6. The van der Waals surface area contributed by atoms with Gasteiger partial charge in [0.15, 0.2) is 5.96 Å². The van der Waals surface area contributed by atoms with E-state index >= 15 is 0 Å². The van der Waals surface area contributed by atoms with Crippen LogP contribution in [0.15, 0.2) is 4.99 Å². The van der Waals surface area contributed by atoms with Crippen molar-refractivity contribution in [3.63, 3.8) is 0 Å². The standard InChI is InChI=1S/C13H28N4OS2/c1-13(2,20-6)10-16-12(14-7-8-19-5)15-9-11(18)17(3)4/h7-10H2,1-6H3,(H2,14,15,16). The molecule has 0 aromatic carbocycles. The summed E-state index contributed by atoms with van der Waals surface area (Å²) in [6.45, 7) is 6.16. The number of aliphatic imine (C=N–C) groups is 1. The van der Waals surface area contributed by atoms with Crippen LogP contribution in [0, 0.1) is 0 Å². The van der Waals surface area contributed by atoms with E-state index in [-0.39, 0.29) is 17.2 Å². The molecule has 20 heavy (non-hydrogen) atoms. The number of nitrogens with one attached hydrogen (secondary N) is 2. The highest BCUT2D eigenvalue weighted by Gasteiger charge is 2.16. The van der Waals surface area contributed by atoms with Crippen LogP contribution in [0.5, 0.6) is 0 Å². The molecule has 0 aliphatic rings. The summed E-state index contributed by atoms with van der Waals surface area (Å²) in [4.78, 5) is 17.5. The van der Waals surface area contributed by atoms with Gasteiger partial charge < -0.3 is 15.5 Å². The van der Waals surface area contributed by atoms with E-state index in [2.05, 4.69) is 42.0 Å². The Balaban J connectivity index is 4.47. The first-order valence-electron chi connectivity index (χ1n) is 6.59. The van der Waals surface area contributed by atoms with Crippen molar-refractivity contribution in [2.75, 3.05) is 52.0 Å². The van der Waals surface area contributed by atoms with Crippen molar-refractivity contribution in [3.05, 3.63) is 0 Å². The van der Waals surface area contributed by atoms with Crippen LogP contribution in [0.2, 0.25) is 0 Å². The Morgan fingerprint density at radius 1 is 1.25 bits per heavy atom. The molecule has 5 nitrogen and oxygen atoms in total. The molecule has 1 amide bonds. The van der Waals surface area contributed by atoms with Crippen molar-refractivity contribution in [2.45, 2.75) is 18.6 Å². The molecule has 0 unspecified atom stereocenters. The SMILES string of the molecule is CSCCNC(=NCC(=O)N(C)C)NCC(C)(C)SC. The minimum Gasteiger partial charge on any atom is -0.356 e. The normalized spacial score (nSPS) is 12.2. The van der Waals surface area contributed by atoms with Crippen LogP contribution < -0.4 is 10.6 Å². The van der Waals surface area contributed by atoms with Crippen LogP contribution in [0.1, 0.15) is 13.8 Å². The van der Waals surface area contributed by atoms with Crippen molar-refractivity contribution in [1.82, 2.24) is 15.5 Å². The second kappa shape index (κ2) is 10.2. The molecule has 0 saturated heterocycles. The van der Waals surface area contributed by atoms with E-state index in [1.165, 1.54) is 0 Å². The number of amides is 1. The first-order valence-corrected chi connectivity index (χ1v) is 9.20. The predicted molar refractivity (Wildman–Crippen MR) is 93.0 cm³/mol. The van der Waals surface area contributed by atoms with Crippen LogP contribution >= 0.6 is 23.5 Å². The molecular formula is C13H28N4OS2. The number of rotatable bonds is 8. The summed E-state index contributed by atoms with van der Waals surface area (Å²) in [5.41, 5.74) is 0. The molecule has 2 N–H and O–H groups in total. The number of hydrogen-bond donors (Lipinski definition) is 2. The minimum absolute atomic E-state index is 0.0000863. The number of nitrogens with zero attached hydrogens (tertiary/aromatic N) is 2. The maximum Gasteiger partial charge on any atom is 0.243 e. The Labute approximate surface area is 131 Å². The molecule has 0 aliphatic heterocycles. The highest BCUT2D eigenvalue weighted by atomic mass is 32.2. The zero-order chi connectivity index (χ0) is 15.6. The molecular weight excluding hydrogens is 292 g/mol. The molecule has 0 spiro atoms. The van der Waals surface area contributed by atoms with Gasteiger partial charge in [-0.1, -0.05) is 0 Å². The first kappa shape index (κ1) is 19.4. The fraction of sp³-hybridized carbons (Fsp3) is 0.846. The molecule has 0 fully saturated rings. The smallest absolute Gasteiger partial charge is 0.243 e. The molecule has 0 rings (SSSR count). The summed E-state index contributed by atoms with van der Waals surface area (Å²) in [6, 6.07) is 0. The Kier molecular flexibility index (Phi) is 9.92. The van der Waals surface area contributed by atoms with Gasteiger partial charge in [-0.2, -0.15) is 23.5 Å². The quantitative estimate of drug-likeness (QED) is 0.399. The van der Waals surface area contributed by atoms with Gasteiger partial charge in [0.2, 0.25) is 5.91 Å². The third kappa shape index (κ3) is 9.36. The van der Waals surface area contributed by atoms with Crippen molar-refractivity contribution in [1.29, 1.82) is 0 Å². The van der Waals surface area contributed by atoms with Gasteiger partial charge in [-0.25, -0.2) is 4.99 Å². The highest BCUT2D eigenvalue weighted by molar-refractivity contribution is 8.00. The monoisotopic (exact) mass is 320 g/mol. The Bertz CT molecular complexity index is 319. The zero-order valence-corrected chi connectivity index (χ0v) is 15.1. The van der Waals surface area contributed by atoms with Crippen molar-refractivity contribution in [2.24, 2.45) is 4.99 Å². The second-order valence-corrected chi connectivity index (χ2v) is 7.69. The molecule has 0 aliphatic carbocycles. The van der Waals surface area contributed by atoms with E-state index in [4.69, 9.17) is 0 Å². The van der Waals surface area contributed by atoms with Gasteiger partial charge in [-0.15, -0.1) is 0 Å². The van der Waals surface area contributed by atoms with Gasteiger partial charge in [0, 0.05) is 37.7 Å². The topological polar surface area (TPSA) is 56.7 Å². The molecule has 0 aromatic rings. The molecule has 0 heterocycles. The lowest BCUT2D eigenvalue weighted by Gasteiger charge is -2.24. The van der Waals surface area contributed by atoms with Gasteiger partial charge >= 0.3 is 0 Å². The summed E-state index contributed by atoms with van der Waals surface area (Å²) in [5, 5.41) is 6.55. The fourth-order valence-electron chi connectivity index (χ4n) is 1.10. The Hall–Kier alpha value is -0.560. The molecule has 0 aromatic heterocycles. The van der Waals surface area contributed by atoms with E-state index in [9.17, 15) is 4.79 Å². The van der Waals surface area contributed by atoms with Gasteiger partial charge in [-0.05, 0) is 26.4 Å².